The molecule has 1 fully saturated rings. The number of rotatable bonds is 6. The first-order valence-electron chi connectivity index (χ1n) is 9.01. The third-order valence-electron chi connectivity index (χ3n) is 5.29. The lowest BCUT2D eigenvalue weighted by Crippen LogP contribution is -2.50. The van der Waals surface area contributed by atoms with Crippen LogP contribution in [0.3, 0.4) is 0 Å². The topological polar surface area (TPSA) is 67.6 Å². The molecular formula is C20H29N3O2. The van der Waals surface area contributed by atoms with Crippen molar-refractivity contribution in [3.63, 3.8) is 0 Å². The molecule has 0 aliphatic carbocycles. The Kier molecular flexibility index (Phi) is 6.57. The first-order valence-corrected chi connectivity index (χ1v) is 9.01. The Morgan fingerprint density at radius 3 is 2.68 bits per heavy atom. The molecule has 0 spiro atoms. The van der Waals surface area contributed by atoms with E-state index in [0.717, 1.165) is 44.5 Å². The van der Waals surface area contributed by atoms with Gasteiger partial charge in [0.25, 0.3) is 0 Å². The second-order valence-corrected chi connectivity index (χ2v) is 7.40. The van der Waals surface area contributed by atoms with Gasteiger partial charge in [-0.3, -0.25) is 4.79 Å². The van der Waals surface area contributed by atoms with Crippen LogP contribution in [-0.4, -0.2) is 60.1 Å². The number of nitriles is 1. The molecule has 1 aliphatic heterocycles. The number of carbonyl (C=O) groups is 1. The molecule has 2 rings (SSSR count). The van der Waals surface area contributed by atoms with Gasteiger partial charge >= 0.3 is 0 Å². The van der Waals surface area contributed by atoms with Crippen LogP contribution in [0.1, 0.15) is 44.2 Å². The molecule has 0 radical (unpaired) electrons. The van der Waals surface area contributed by atoms with Crippen LogP contribution in [0.4, 0.5) is 0 Å². The van der Waals surface area contributed by atoms with Crippen molar-refractivity contribution in [1.29, 1.82) is 5.26 Å². The van der Waals surface area contributed by atoms with Gasteiger partial charge in [0.05, 0.1) is 17.0 Å². The van der Waals surface area contributed by atoms with Gasteiger partial charge < -0.3 is 14.9 Å². The summed E-state index contributed by atoms with van der Waals surface area (Å²) < 4.78 is 0. The van der Waals surface area contributed by atoms with Gasteiger partial charge in [0, 0.05) is 32.3 Å². The smallest absolute Gasteiger partial charge is 0.232 e. The van der Waals surface area contributed by atoms with Gasteiger partial charge in [-0.15, -0.1) is 0 Å². The highest BCUT2D eigenvalue weighted by molar-refractivity contribution is 5.87. The first-order chi connectivity index (χ1) is 11.9. The zero-order valence-electron chi connectivity index (χ0n) is 15.5. The van der Waals surface area contributed by atoms with Crippen LogP contribution in [-0.2, 0) is 10.2 Å². The number of likely N-dealkylation sites (tertiary alicyclic amines) is 1. The van der Waals surface area contributed by atoms with Crippen LogP contribution in [0.5, 0.6) is 0 Å². The molecule has 0 unspecified atom stereocenters. The largest absolute Gasteiger partial charge is 0.396 e. The van der Waals surface area contributed by atoms with Gasteiger partial charge in [-0.1, -0.05) is 12.1 Å². The number of aliphatic hydroxyl groups excluding tert-OH is 1. The van der Waals surface area contributed by atoms with Gasteiger partial charge in [0.2, 0.25) is 5.91 Å². The van der Waals surface area contributed by atoms with E-state index in [1.54, 1.807) is 6.07 Å². The summed E-state index contributed by atoms with van der Waals surface area (Å²) in [5.74, 6) is 0.124. The molecule has 5 heteroatoms. The highest BCUT2D eigenvalue weighted by atomic mass is 16.3. The maximum atomic E-state index is 13.1. The van der Waals surface area contributed by atoms with E-state index in [2.05, 4.69) is 18.0 Å². The number of carbonyl (C=O) groups excluding carboxylic acids is 1. The van der Waals surface area contributed by atoms with E-state index in [-0.39, 0.29) is 12.5 Å². The lowest BCUT2D eigenvalue weighted by molar-refractivity contribution is -0.137. The third kappa shape index (κ3) is 4.59. The molecule has 0 aromatic heterocycles. The summed E-state index contributed by atoms with van der Waals surface area (Å²) in [6.07, 6.45) is 2.71. The highest BCUT2D eigenvalue weighted by Crippen LogP contribution is 2.28. The van der Waals surface area contributed by atoms with Crippen molar-refractivity contribution in [2.24, 2.45) is 0 Å². The van der Waals surface area contributed by atoms with Crippen LogP contribution in [0.25, 0.3) is 0 Å². The lowest BCUT2D eigenvalue weighted by atomic mass is 9.82. The van der Waals surface area contributed by atoms with E-state index < -0.39 is 5.41 Å². The number of hydrogen-bond acceptors (Lipinski definition) is 4. The molecule has 1 N–H and O–H groups in total. The van der Waals surface area contributed by atoms with E-state index in [1.807, 2.05) is 36.9 Å². The average Bonchev–Trinajstić information content (AvgIpc) is 2.65. The van der Waals surface area contributed by atoms with E-state index in [1.165, 1.54) is 0 Å². The summed E-state index contributed by atoms with van der Waals surface area (Å²) in [7, 11) is 2.09. The average molecular weight is 343 g/mol. The zero-order chi connectivity index (χ0) is 18.4. The minimum atomic E-state index is -0.636. The molecule has 1 saturated heterocycles. The molecule has 1 aliphatic rings. The van der Waals surface area contributed by atoms with Gasteiger partial charge in [-0.2, -0.15) is 5.26 Å². The molecule has 136 valence electrons. The van der Waals surface area contributed by atoms with Crippen LogP contribution in [0.15, 0.2) is 24.3 Å². The predicted octanol–water partition coefficient (Wildman–Crippen LogP) is 2.14. The Balaban J connectivity index is 2.00. The molecule has 1 aromatic rings. The molecule has 0 atom stereocenters. The van der Waals surface area contributed by atoms with E-state index in [4.69, 9.17) is 10.4 Å². The van der Waals surface area contributed by atoms with Gasteiger partial charge in [-0.25, -0.2) is 0 Å². The number of amides is 1. The first kappa shape index (κ1) is 19.4. The SMILES string of the molecule is CN(CCCO)C1CCN(C(=O)C(C)(C)c2cccc(C#N)c2)CC1. The second-order valence-electron chi connectivity index (χ2n) is 7.40. The van der Waals surface area contributed by atoms with Crippen LogP contribution in [0.2, 0.25) is 0 Å². The quantitative estimate of drug-likeness (QED) is 0.859. The minimum Gasteiger partial charge on any atom is -0.396 e. The number of piperidine rings is 1. The van der Waals surface area contributed by atoms with E-state index in [9.17, 15) is 4.79 Å². The maximum absolute atomic E-state index is 13.1. The highest BCUT2D eigenvalue weighted by Gasteiger charge is 2.36. The Bertz CT molecular complexity index is 628. The third-order valence-corrected chi connectivity index (χ3v) is 5.29. The van der Waals surface area contributed by atoms with Crippen molar-refractivity contribution in [3.05, 3.63) is 35.4 Å². The molecule has 25 heavy (non-hydrogen) atoms. The Morgan fingerprint density at radius 1 is 1.40 bits per heavy atom. The standard InChI is InChI=1S/C20H29N3O2/c1-20(2,17-7-4-6-16(14-17)15-21)19(25)23-11-8-18(9-12-23)22(3)10-5-13-24/h4,6-7,14,18,24H,5,8-13H2,1-3H3. The second kappa shape index (κ2) is 8.46. The molecule has 0 saturated carbocycles. The number of benzene rings is 1. The van der Waals surface area contributed by atoms with Gasteiger partial charge in [0.15, 0.2) is 0 Å². The van der Waals surface area contributed by atoms with Crippen LogP contribution >= 0.6 is 0 Å². The molecule has 1 aromatic carbocycles. The number of hydrogen-bond donors (Lipinski definition) is 1. The van der Waals surface area contributed by atoms with Crippen molar-refractivity contribution >= 4 is 5.91 Å². The fourth-order valence-corrected chi connectivity index (χ4v) is 3.51. The van der Waals surface area contributed by atoms with Crippen LogP contribution < -0.4 is 0 Å². The van der Waals surface area contributed by atoms with Crippen molar-refractivity contribution in [2.45, 2.75) is 44.6 Å². The molecule has 0 bridgehead atoms. The predicted molar refractivity (Wildman–Crippen MR) is 98.1 cm³/mol. The summed E-state index contributed by atoms with van der Waals surface area (Å²) in [6.45, 7) is 6.50. The van der Waals surface area contributed by atoms with Crippen molar-refractivity contribution in [2.75, 3.05) is 33.3 Å². The van der Waals surface area contributed by atoms with Crippen molar-refractivity contribution < 1.29 is 9.90 Å². The minimum absolute atomic E-state index is 0.124. The fourth-order valence-electron chi connectivity index (χ4n) is 3.51. The normalized spacial score (nSPS) is 16.1. The number of nitrogens with zero attached hydrogens (tertiary/aromatic N) is 3. The van der Waals surface area contributed by atoms with Crippen molar-refractivity contribution in [1.82, 2.24) is 9.80 Å². The lowest BCUT2D eigenvalue weighted by Gasteiger charge is -2.40. The van der Waals surface area contributed by atoms with E-state index >= 15 is 0 Å². The Morgan fingerprint density at radius 2 is 2.08 bits per heavy atom. The van der Waals surface area contributed by atoms with Gasteiger partial charge in [0.1, 0.15) is 0 Å². The summed E-state index contributed by atoms with van der Waals surface area (Å²) in [5, 5.41) is 18.1. The summed E-state index contributed by atoms with van der Waals surface area (Å²) in [5.41, 5.74) is 0.837. The van der Waals surface area contributed by atoms with Gasteiger partial charge in [-0.05, 0) is 57.9 Å². The maximum Gasteiger partial charge on any atom is 0.232 e. The summed E-state index contributed by atoms with van der Waals surface area (Å²) in [4.78, 5) is 17.3. The summed E-state index contributed by atoms with van der Waals surface area (Å²) >= 11 is 0. The van der Waals surface area contributed by atoms with E-state index in [0.29, 0.717) is 11.6 Å². The molecule has 1 amide bonds. The molecular weight excluding hydrogens is 314 g/mol. The van der Waals surface area contributed by atoms with Crippen molar-refractivity contribution in [3.8, 4) is 6.07 Å². The molecule has 1 heterocycles. The Hall–Kier alpha value is -1.90. The monoisotopic (exact) mass is 343 g/mol. The van der Waals surface area contributed by atoms with Crippen LogP contribution in [0, 0.1) is 11.3 Å². The summed E-state index contributed by atoms with van der Waals surface area (Å²) in [6, 6.07) is 9.96. The molecule has 5 nitrogen and oxygen atoms in total. The number of aliphatic hydroxyl groups is 1. The fraction of sp³-hybridized carbons (Fsp3) is 0.600. The zero-order valence-corrected chi connectivity index (χ0v) is 15.5. The Labute approximate surface area is 150 Å².